The second kappa shape index (κ2) is 9.85. The SMILES string of the molecule is COc1nn(C)cc1C(=O)N(CCCN1CCOCC1)c1nc2c(OC)ccc(C)c2s1. The quantitative estimate of drug-likeness (QED) is 0.512. The fourth-order valence-corrected chi connectivity index (χ4v) is 4.93. The van der Waals surface area contributed by atoms with E-state index in [1.165, 1.54) is 18.4 Å². The Labute approximate surface area is 191 Å². The summed E-state index contributed by atoms with van der Waals surface area (Å²) in [7, 11) is 4.93. The van der Waals surface area contributed by atoms with Gasteiger partial charge < -0.3 is 14.2 Å². The Balaban J connectivity index is 1.65. The van der Waals surface area contributed by atoms with Gasteiger partial charge in [0.2, 0.25) is 5.88 Å². The molecule has 0 N–H and O–H groups in total. The number of aromatic nitrogens is 3. The summed E-state index contributed by atoms with van der Waals surface area (Å²) in [6.45, 7) is 6.82. The Morgan fingerprint density at radius 3 is 2.75 bits per heavy atom. The third kappa shape index (κ3) is 4.57. The Morgan fingerprint density at radius 1 is 1.25 bits per heavy atom. The highest BCUT2D eigenvalue weighted by Gasteiger charge is 2.27. The Bertz CT molecular complexity index is 1090. The highest BCUT2D eigenvalue weighted by Crippen LogP contribution is 2.37. The number of aryl methyl sites for hydroxylation is 2. The molecule has 32 heavy (non-hydrogen) atoms. The van der Waals surface area contributed by atoms with Gasteiger partial charge in [-0.2, -0.15) is 0 Å². The van der Waals surface area contributed by atoms with Crippen molar-refractivity contribution >= 4 is 32.6 Å². The molecule has 1 amide bonds. The van der Waals surface area contributed by atoms with Gasteiger partial charge in [0, 0.05) is 39.4 Å². The van der Waals surface area contributed by atoms with Gasteiger partial charge in [0.25, 0.3) is 5.91 Å². The minimum absolute atomic E-state index is 0.174. The van der Waals surface area contributed by atoms with Gasteiger partial charge in [-0.1, -0.05) is 17.4 Å². The minimum Gasteiger partial charge on any atom is -0.494 e. The van der Waals surface area contributed by atoms with Gasteiger partial charge in [0.1, 0.15) is 16.8 Å². The molecule has 0 aliphatic carbocycles. The molecule has 0 saturated carbocycles. The lowest BCUT2D eigenvalue weighted by Gasteiger charge is -2.27. The van der Waals surface area contributed by atoms with Crippen LogP contribution in [0.4, 0.5) is 5.13 Å². The first-order chi connectivity index (χ1) is 15.5. The van der Waals surface area contributed by atoms with Crippen LogP contribution in [0, 0.1) is 6.92 Å². The maximum atomic E-state index is 13.6. The van der Waals surface area contributed by atoms with E-state index in [0.717, 1.165) is 55.0 Å². The summed E-state index contributed by atoms with van der Waals surface area (Å²) in [5, 5.41) is 4.90. The summed E-state index contributed by atoms with van der Waals surface area (Å²) >= 11 is 1.50. The van der Waals surface area contributed by atoms with Crippen LogP contribution in [-0.2, 0) is 11.8 Å². The zero-order chi connectivity index (χ0) is 22.7. The fourth-order valence-electron chi connectivity index (χ4n) is 3.85. The molecule has 0 bridgehead atoms. The highest BCUT2D eigenvalue weighted by atomic mass is 32.1. The van der Waals surface area contributed by atoms with Crippen molar-refractivity contribution in [1.29, 1.82) is 0 Å². The van der Waals surface area contributed by atoms with E-state index in [0.29, 0.717) is 28.9 Å². The first kappa shape index (κ1) is 22.5. The van der Waals surface area contributed by atoms with Crippen LogP contribution in [0.15, 0.2) is 18.3 Å². The molecule has 2 aromatic heterocycles. The molecule has 1 aliphatic heterocycles. The second-order valence-electron chi connectivity index (χ2n) is 7.75. The lowest BCUT2D eigenvalue weighted by Crippen LogP contribution is -2.39. The molecule has 0 radical (unpaired) electrons. The van der Waals surface area contributed by atoms with Crippen molar-refractivity contribution < 1.29 is 19.0 Å². The van der Waals surface area contributed by atoms with Crippen molar-refractivity contribution in [3.8, 4) is 11.6 Å². The molecular formula is C22H29N5O4S. The molecule has 1 saturated heterocycles. The molecule has 3 aromatic rings. The van der Waals surface area contributed by atoms with E-state index in [9.17, 15) is 4.79 Å². The van der Waals surface area contributed by atoms with Gasteiger partial charge in [0.05, 0.1) is 32.1 Å². The van der Waals surface area contributed by atoms with Crippen molar-refractivity contribution in [2.75, 3.05) is 58.5 Å². The van der Waals surface area contributed by atoms with Crippen LogP contribution >= 0.6 is 11.3 Å². The third-order valence-electron chi connectivity index (χ3n) is 5.57. The summed E-state index contributed by atoms with van der Waals surface area (Å²) < 4.78 is 18.9. The number of benzene rings is 1. The molecule has 4 rings (SSSR count). The third-order valence-corrected chi connectivity index (χ3v) is 6.78. The van der Waals surface area contributed by atoms with Crippen LogP contribution in [0.1, 0.15) is 22.3 Å². The molecule has 9 nitrogen and oxygen atoms in total. The molecule has 3 heterocycles. The summed E-state index contributed by atoms with van der Waals surface area (Å²) in [6, 6.07) is 3.92. The number of rotatable bonds is 8. The van der Waals surface area contributed by atoms with Crippen molar-refractivity contribution in [1.82, 2.24) is 19.7 Å². The zero-order valence-electron chi connectivity index (χ0n) is 19.0. The normalized spacial score (nSPS) is 14.6. The number of fused-ring (bicyclic) bond motifs is 1. The molecule has 0 atom stereocenters. The number of carbonyl (C=O) groups is 1. The van der Waals surface area contributed by atoms with Crippen molar-refractivity contribution in [3.63, 3.8) is 0 Å². The average Bonchev–Trinajstić information content (AvgIpc) is 3.41. The van der Waals surface area contributed by atoms with Crippen LogP contribution in [0.25, 0.3) is 10.2 Å². The Hall–Kier alpha value is -2.69. The van der Waals surface area contributed by atoms with E-state index in [1.807, 2.05) is 19.1 Å². The lowest BCUT2D eigenvalue weighted by molar-refractivity contribution is 0.0376. The van der Waals surface area contributed by atoms with E-state index in [-0.39, 0.29) is 5.91 Å². The number of hydrogen-bond donors (Lipinski definition) is 0. The molecular weight excluding hydrogens is 430 g/mol. The van der Waals surface area contributed by atoms with Crippen molar-refractivity contribution in [2.45, 2.75) is 13.3 Å². The number of ether oxygens (including phenoxy) is 3. The van der Waals surface area contributed by atoms with E-state index in [1.54, 1.807) is 29.9 Å². The molecule has 0 spiro atoms. The lowest BCUT2D eigenvalue weighted by atomic mass is 10.2. The largest absolute Gasteiger partial charge is 0.494 e. The number of nitrogens with zero attached hydrogens (tertiary/aromatic N) is 5. The molecule has 1 aromatic carbocycles. The first-order valence-corrected chi connectivity index (χ1v) is 11.5. The van der Waals surface area contributed by atoms with Crippen molar-refractivity contribution in [3.05, 3.63) is 29.5 Å². The maximum absolute atomic E-state index is 13.6. The van der Waals surface area contributed by atoms with Crippen LogP contribution in [0.3, 0.4) is 0 Å². The van der Waals surface area contributed by atoms with Crippen molar-refractivity contribution in [2.24, 2.45) is 7.05 Å². The summed E-state index contributed by atoms with van der Waals surface area (Å²) in [6.07, 6.45) is 2.51. The van der Waals surface area contributed by atoms with Gasteiger partial charge >= 0.3 is 0 Å². The topological polar surface area (TPSA) is 82.0 Å². The van der Waals surface area contributed by atoms with E-state index >= 15 is 0 Å². The molecule has 0 unspecified atom stereocenters. The van der Waals surface area contributed by atoms with Crippen LogP contribution in [0.2, 0.25) is 0 Å². The predicted molar refractivity (Wildman–Crippen MR) is 124 cm³/mol. The number of amides is 1. The number of methoxy groups -OCH3 is 2. The molecule has 1 fully saturated rings. The first-order valence-electron chi connectivity index (χ1n) is 10.7. The van der Waals surface area contributed by atoms with Crippen LogP contribution < -0.4 is 14.4 Å². The van der Waals surface area contributed by atoms with Gasteiger partial charge in [-0.25, -0.2) is 4.98 Å². The zero-order valence-corrected chi connectivity index (χ0v) is 19.8. The molecule has 10 heteroatoms. The number of morpholine rings is 1. The molecule has 1 aliphatic rings. The predicted octanol–water partition coefficient (Wildman–Crippen LogP) is 2.72. The smallest absolute Gasteiger partial charge is 0.267 e. The van der Waals surface area contributed by atoms with E-state index in [4.69, 9.17) is 19.2 Å². The average molecular weight is 460 g/mol. The van der Waals surface area contributed by atoms with Gasteiger partial charge in [-0.15, -0.1) is 5.10 Å². The summed E-state index contributed by atoms with van der Waals surface area (Å²) in [4.78, 5) is 22.6. The van der Waals surface area contributed by atoms with Crippen LogP contribution in [0.5, 0.6) is 11.6 Å². The number of anilines is 1. The number of carbonyl (C=O) groups excluding carboxylic acids is 1. The van der Waals surface area contributed by atoms with Crippen LogP contribution in [-0.4, -0.2) is 79.2 Å². The van der Waals surface area contributed by atoms with Gasteiger partial charge in [-0.3, -0.25) is 19.3 Å². The van der Waals surface area contributed by atoms with E-state index < -0.39 is 0 Å². The summed E-state index contributed by atoms with van der Waals surface area (Å²) in [5.41, 5.74) is 2.30. The fraction of sp³-hybridized carbons (Fsp3) is 0.500. The minimum atomic E-state index is -0.174. The summed E-state index contributed by atoms with van der Waals surface area (Å²) in [5.74, 6) is 0.839. The van der Waals surface area contributed by atoms with Gasteiger partial charge in [-0.05, 0) is 25.0 Å². The molecule has 172 valence electrons. The standard InChI is InChI=1S/C22H29N5O4S/c1-15-6-7-17(29-3)18-19(15)32-22(23-18)27(9-5-8-26-10-12-31-13-11-26)21(28)16-14-25(2)24-20(16)30-4/h6-7,14H,5,8-13H2,1-4H3. The number of thiazole rings is 1. The van der Waals surface area contributed by atoms with E-state index in [2.05, 4.69) is 10.00 Å². The number of hydrogen-bond acceptors (Lipinski definition) is 8. The monoisotopic (exact) mass is 459 g/mol. The highest BCUT2D eigenvalue weighted by molar-refractivity contribution is 7.22. The Morgan fingerprint density at radius 2 is 2.03 bits per heavy atom. The maximum Gasteiger partial charge on any atom is 0.267 e. The second-order valence-corrected chi connectivity index (χ2v) is 8.73. The Kier molecular flexibility index (Phi) is 6.92. The van der Waals surface area contributed by atoms with Gasteiger partial charge in [0.15, 0.2) is 5.13 Å².